The lowest BCUT2D eigenvalue weighted by Gasteiger charge is -2.15. The van der Waals surface area contributed by atoms with Gasteiger partial charge in [-0.25, -0.2) is 13.2 Å². The highest BCUT2D eigenvalue weighted by atomic mass is 19.2. The number of aliphatic hydroxyl groups is 1. The van der Waals surface area contributed by atoms with Crippen molar-refractivity contribution >= 4 is 0 Å². The van der Waals surface area contributed by atoms with Crippen LogP contribution in [0.3, 0.4) is 0 Å². The number of rotatable bonds is 2. The standard InChI is InChI=1S/C9H10F3NO/c1-4(14)9(13)6-2-5(10)3-7(11)8(6)12/h2-4,9,14H,13H2,1H3/t4-,9+/m1/s1. The molecule has 0 amide bonds. The van der Waals surface area contributed by atoms with Gasteiger partial charge in [-0.1, -0.05) is 0 Å². The van der Waals surface area contributed by atoms with Crippen LogP contribution in [0.1, 0.15) is 18.5 Å². The van der Waals surface area contributed by atoms with Gasteiger partial charge in [0.1, 0.15) is 5.82 Å². The Hall–Kier alpha value is -1.07. The van der Waals surface area contributed by atoms with E-state index >= 15 is 0 Å². The van der Waals surface area contributed by atoms with Gasteiger partial charge in [0, 0.05) is 11.6 Å². The van der Waals surface area contributed by atoms with Gasteiger partial charge in [-0.15, -0.1) is 0 Å². The Kier molecular flexibility index (Phi) is 3.13. The Morgan fingerprint density at radius 1 is 1.29 bits per heavy atom. The molecule has 5 heteroatoms. The quantitative estimate of drug-likeness (QED) is 0.718. The van der Waals surface area contributed by atoms with Crippen molar-refractivity contribution in [3.8, 4) is 0 Å². The Bertz CT molecular complexity index is 341. The lowest BCUT2D eigenvalue weighted by Crippen LogP contribution is -2.24. The summed E-state index contributed by atoms with van der Waals surface area (Å²) in [4.78, 5) is 0. The number of benzene rings is 1. The fourth-order valence-corrected chi connectivity index (χ4v) is 1.08. The van der Waals surface area contributed by atoms with E-state index in [4.69, 9.17) is 10.8 Å². The van der Waals surface area contributed by atoms with Crippen molar-refractivity contribution in [3.63, 3.8) is 0 Å². The van der Waals surface area contributed by atoms with Crippen molar-refractivity contribution in [2.45, 2.75) is 19.1 Å². The molecule has 0 spiro atoms. The average Bonchev–Trinajstić information content (AvgIpc) is 2.09. The van der Waals surface area contributed by atoms with Gasteiger partial charge >= 0.3 is 0 Å². The van der Waals surface area contributed by atoms with Crippen molar-refractivity contribution in [2.75, 3.05) is 0 Å². The normalized spacial score (nSPS) is 15.3. The molecule has 0 saturated carbocycles. The molecule has 14 heavy (non-hydrogen) atoms. The zero-order valence-corrected chi connectivity index (χ0v) is 7.47. The van der Waals surface area contributed by atoms with Crippen molar-refractivity contribution in [1.29, 1.82) is 0 Å². The summed E-state index contributed by atoms with van der Waals surface area (Å²) in [5.41, 5.74) is 4.99. The summed E-state index contributed by atoms with van der Waals surface area (Å²) in [6.45, 7) is 1.31. The number of hydrogen-bond donors (Lipinski definition) is 2. The number of halogens is 3. The van der Waals surface area contributed by atoms with E-state index in [2.05, 4.69) is 0 Å². The molecule has 0 aliphatic heterocycles. The van der Waals surface area contributed by atoms with Crippen LogP contribution in [-0.4, -0.2) is 11.2 Å². The van der Waals surface area contributed by atoms with Crippen LogP contribution < -0.4 is 5.73 Å². The number of nitrogens with two attached hydrogens (primary N) is 1. The van der Waals surface area contributed by atoms with E-state index in [1.54, 1.807) is 0 Å². The molecule has 0 heterocycles. The molecule has 1 aromatic carbocycles. The third kappa shape index (κ3) is 2.05. The molecule has 0 radical (unpaired) electrons. The maximum absolute atomic E-state index is 13.1. The summed E-state index contributed by atoms with van der Waals surface area (Å²) in [7, 11) is 0. The average molecular weight is 205 g/mol. The summed E-state index contributed by atoms with van der Waals surface area (Å²) >= 11 is 0. The van der Waals surface area contributed by atoms with E-state index in [0.29, 0.717) is 6.07 Å². The van der Waals surface area contributed by atoms with E-state index in [1.165, 1.54) is 6.92 Å². The summed E-state index contributed by atoms with van der Waals surface area (Å²) in [5, 5.41) is 9.04. The molecule has 0 saturated heterocycles. The molecular formula is C9H10F3NO. The van der Waals surface area contributed by atoms with Crippen molar-refractivity contribution < 1.29 is 18.3 Å². The van der Waals surface area contributed by atoms with E-state index < -0.39 is 29.6 Å². The Morgan fingerprint density at radius 3 is 2.36 bits per heavy atom. The highest BCUT2D eigenvalue weighted by Crippen LogP contribution is 2.21. The second kappa shape index (κ2) is 3.98. The van der Waals surface area contributed by atoms with Crippen LogP contribution in [0.4, 0.5) is 13.2 Å². The van der Waals surface area contributed by atoms with Crippen molar-refractivity contribution in [2.24, 2.45) is 5.73 Å². The molecule has 2 atom stereocenters. The second-order valence-electron chi connectivity index (χ2n) is 3.06. The SMILES string of the molecule is C[C@@H](O)[C@H](N)c1cc(F)cc(F)c1F. The first-order valence-electron chi connectivity index (χ1n) is 4.01. The van der Waals surface area contributed by atoms with Gasteiger partial charge in [-0.2, -0.15) is 0 Å². The Labute approximate surface area is 79.2 Å². The first kappa shape index (κ1) is 11.0. The molecule has 1 aromatic rings. The van der Waals surface area contributed by atoms with Gasteiger partial charge in [0.15, 0.2) is 11.6 Å². The molecule has 0 unspecified atom stereocenters. The van der Waals surface area contributed by atoms with Gasteiger partial charge in [0.2, 0.25) is 0 Å². The van der Waals surface area contributed by atoms with E-state index in [1.807, 2.05) is 0 Å². The predicted octanol–water partition coefficient (Wildman–Crippen LogP) is 1.48. The minimum atomic E-state index is -1.31. The highest BCUT2D eigenvalue weighted by Gasteiger charge is 2.20. The van der Waals surface area contributed by atoms with Gasteiger partial charge < -0.3 is 10.8 Å². The third-order valence-electron chi connectivity index (χ3n) is 1.90. The summed E-state index contributed by atoms with van der Waals surface area (Å²) < 4.78 is 38.5. The Balaban J connectivity index is 3.20. The minimum Gasteiger partial charge on any atom is -0.391 e. The molecule has 0 bridgehead atoms. The highest BCUT2D eigenvalue weighted by molar-refractivity contribution is 5.24. The molecular weight excluding hydrogens is 195 g/mol. The van der Waals surface area contributed by atoms with Crippen LogP contribution in [0.2, 0.25) is 0 Å². The maximum atomic E-state index is 13.1. The van der Waals surface area contributed by atoms with Crippen molar-refractivity contribution in [3.05, 3.63) is 35.1 Å². The first-order valence-corrected chi connectivity index (χ1v) is 4.01. The summed E-state index contributed by atoms with van der Waals surface area (Å²) in [6, 6.07) is 0.0591. The van der Waals surface area contributed by atoms with Crippen LogP contribution in [0.25, 0.3) is 0 Å². The van der Waals surface area contributed by atoms with Gasteiger partial charge in [0.25, 0.3) is 0 Å². The summed E-state index contributed by atoms with van der Waals surface area (Å²) in [5.74, 6) is -3.45. The number of hydrogen-bond acceptors (Lipinski definition) is 2. The first-order chi connectivity index (χ1) is 6.43. The smallest absolute Gasteiger partial charge is 0.163 e. The van der Waals surface area contributed by atoms with Crippen LogP contribution in [0.5, 0.6) is 0 Å². The largest absolute Gasteiger partial charge is 0.391 e. The van der Waals surface area contributed by atoms with E-state index in [9.17, 15) is 13.2 Å². The third-order valence-corrected chi connectivity index (χ3v) is 1.90. The minimum absolute atomic E-state index is 0.363. The second-order valence-corrected chi connectivity index (χ2v) is 3.06. The van der Waals surface area contributed by atoms with Gasteiger partial charge in [-0.05, 0) is 13.0 Å². The molecule has 78 valence electrons. The van der Waals surface area contributed by atoms with Crippen LogP contribution >= 0.6 is 0 Å². The predicted molar refractivity (Wildman–Crippen MR) is 44.9 cm³/mol. The maximum Gasteiger partial charge on any atom is 0.163 e. The zero-order chi connectivity index (χ0) is 10.9. The number of aliphatic hydroxyl groups excluding tert-OH is 1. The van der Waals surface area contributed by atoms with E-state index in [0.717, 1.165) is 6.07 Å². The molecule has 0 fully saturated rings. The molecule has 3 N–H and O–H groups in total. The van der Waals surface area contributed by atoms with Crippen molar-refractivity contribution in [1.82, 2.24) is 0 Å². The molecule has 1 rings (SSSR count). The topological polar surface area (TPSA) is 46.2 Å². The summed E-state index contributed by atoms with van der Waals surface area (Å²) in [6.07, 6.45) is -1.08. The molecule has 0 aromatic heterocycles. The molecule has 0 aliphatic carbocycles. The molecule has 0 aliphatic rings. The van der Waals surface area contributed by atoms with Gasteiger partial charge in [0.05, 0.1) is 12.1 Å². The molecule has 2 nitrogen and oxygen atoms in total. The fourth-order valence-electron chi connectivity index (χ4n) is 1.08. The fraction of sp³-hybridized carbons (Fsp3) is 0.333. The Morgan fingerprint density at radius 2 is 1.86 bits per heavy atom. The van der Waals surface area contributed by atoms with Gasteiger partial charge in [-0.3, -0.25) is 0 Å². The van der Waals surface area contributed by atoms with Crippen LogP contribution in [-0.2, 0) is 0 Å². The van der Waals surface area contributed by atoms with Crippen LogP contribution in [0, 0.1) is 17.5 Å². The lowest BCUT2D eigenvalue weighted by atomic mass is 10.0. The zero-order valence-electron chi connectivity index (χ0n) is 7.47. The van der Waals surface area contributed by atoms with Crippen LogP contribution in [0.15, 0.2) is 12.1 Å². The van der Waals surface area contributed by atoms with E-state index in [-0.39, 0.29) is 5.56 Å². The lowest BCUT2D eigenvalue weighted by molar-refractivity contribution is 0.162. The monoisotopic (exact) mass is 205 g/mol.